The van der Waals surface area contributed by atoms with Crippen LogP contribution in [0.5, 0.6) is 5.75 Å². The molecule has 23 heavy (non-hydrogen) atoms. The SMILES string of the molecule is CCCNC(=O)c1cnc(Nc2ccccc2OC(C)C)cn1. The minimum absolute atomic E-state index is 0.0775. The number of carbonyl (C=O) groups is 1. The van der Waals surface area contributed by atoms with E-state index in [2.05, 4.69) is 20.6 Å². The fraction of sp³-hybridized carbons (Fsp3) is 0.353. The van der Waals surface area contributed by atoms with E-state index >= 15 is 0 Å². The van der Waals surface area contributed by atoms with Gasteiger partial charge in [0.2, 0.25) is 0 Å². The molecule has 0 saturated carbocycles. The van der Waals surface area contributed by atoms with E-state index in [-0.39, 0.29) is 12.0 Å². The Morgan fingerprint density at radius 3 is 2.65 bits per heavy atom. The molecule has 1 amide bonds. The van der Waals surface area contributed by atoms with Crippen LogP contribution in [0.4, 0.5) is 11.5 Å². The van der Waals surface area contributed by atoms with E-state index in [9.17, 15) is 4.79 Å². The highest BCUT2D eigenvalue weighted by Gasteiger charge is 2.09. The van der Waals surface area contributed by atoms with E-state index in [0.717, 1.165) is 17.9 Å². The van der Waals surface area contributed by atoms with Crippen molar-refractivity contribution in [3.8, 4) is 5.75 Å². The number of hydrogen-bond donors (Lipinski definition) is 2. The smallest absolute Gasteiger partial charge is 0.271 e. The molecule has 1 aromatic heterocycles. The van der Waals surface area contributed by atoms with Crippen molar-refractivity contribution < 1.29 is 9.53 Å². The van der Waals surface area contributed by atoms with Crippen molar-refractivity contribution >= 4 is 17.4 Å². The van der Waals surface area contributed by atoms with Gasteiger partial charge in [0.25, 0.3) is 5.91 Å². The lowest BCUT2D eigenvalue weighted by Gasteiger charge is -2.15. The van der Waals surface area contributed by atoms with Gasteiger partial charge >= 0.3 is 0 Å². The number of rotatable bonds is 7. The van der Waals surface area contributed by atoms with Crippen molar-refractivity contribution in [3.05, 3.63) is 42.4 Å². The maximum atomic E-state index is 11.8. The van der Waals surface area contributed by atoms with Crippen molar-refractivity contribution in [1.82, 2.24) is 15.3 Å². The van der Waals surface area contributed by atoms with Crippen LogP contribution in [0.25, 0.3) is 0 Å². The summed E-state index contributed by atoms with van der Waals surface area (Å²) in [5.74, 6) is 1.08. The maximum absolute atomic E-state index is 11.8. The largest absolute Gasteiger partial charge is 0.489 e. The first-order chi connectivity index (χ1) is 11.1. The van der Waals surface area contributed by atoms with E-state index in [4.69, 9.17) is 4.74 Å². The molecule has 2 rings (SSSR count). The highest BCUT2D eigenvalue weighted by Crippen LogP contribution is 2.27. The second-order valence-electron chi connectivity index (χ2n) is 5.33. The van der Waals surface area contributed by atoms with Gasteiger partial charge in [0.1, 0.15) is 17.3 Å². The number of para-hydroxylation sites is 2. The number of aromatic nitrogens is 2. The molecule has 0 atom stereocenters. The van der Waals surface area contributed by atoms with E-state index in [1.54, 1.807) is 0 Å². The fourth-order valence-electron chi connectivity index (χ4n) is 1.90. The van der Waals surface area contributed by atoms with Gasteiger partial charge in [0.05, 0.1) is 24.2 Å². The van der Waals surface area contributed by atoms with Crippen LogP contribution < -0.4 is 15.4 Å². The molecular formula is C17H22N4O2. The van der Waals surface area contributed by atoms with E-state index in [1.807, 2.05) is 45.0 Å². The van der Waals surface area contributed by atoms with Crippen molar-refractivity contribution in [2.45, 2.75) is 33.3 Å². The molecular weight excluding hydrogens is 292 g/mol. The average Bonchev–Trinajstić information content (AvgIpc) is 2.54. The Morgan fingerprint density at radius 1 is 1.22 bits per heavy atom. The molecule has 0 fully saturated rings. The highest BCUT2D eigenvalue weighted by molar-refractivity contribution is 5.92. The Kier molecular flexibility index (Phi) is 5.91. The molecule has 122 valence electrons. The Bertz CT molecular complexity index is 641. The number of nitrogens with one attached hydrogen (secondary N) is 2. The molecule has 1 heterocycles. The normalized spacial score (nSPS) is 10.4. The number of carbonyl (C=O) groups excluding carboxylic acids is 1. The lowest BCUT2D eigenvalue weighted by atomic mass is 10.3. The number of benzene rings is 1. The predicted molar refractivity (Wildman–Crippen MR) is 90.1 cm³/mol. The molecule has 0 radical (unpaired) electrons. The summed E-state index contributed by atoms with van der Waals surface area (Å²) in [5, 5.41) is 5.92. The number of nitrogens with zero attached hydrogens (tertiary/aromatic N) is 2. The summed E-state index contributed by atoms with van der Waals surface area (Å²) in [5.41, 5.74) is 1.11. The van der Waals surface area contributed by atoms with Gasteiger partial charge < -0.3 is 15.4 Å². The monoisotopic (exact) mass is 314 g/mol. The van der Waals surface area contributed by atoms with Crippen LogP contribution in [0.2, 0.25) is 0 Å². The van der Waals surface area contributed by atoms with Gasteiger partial charge in [0, 0.05) is 6.54 Å². The summed E-state index contributed by atoms with van der Waals surface area (Å²) in [6.45, 7) is 6.57. The van der Waals surface area contributed by atoms with Crippen LogP contribution in [-0.2, 0) is 0 Å². The van der Waals surface area contributed by atoms with Gasteiger partial charge in [-0.2, -0.15) is 0 Å². The Labute approximate surface area is 136 Å². The molecule has 0 aliphatic rings. The minimum atomic E-state index is -0.213. The summed E-state index contributed by atoms with van der Waals surface area (Å²) in [6, 6.07) is 7.62. The van der Waals surface area contributed by atoms with Crippen molar-refractivity contribution in [2.75, 3.05) is 11.9 Å². The van der Waals surface area contributed by atoms with E-state index < -0.39 is 0 Å². The highest BCUT2D eigenvalue weighted by atomic mass is 16.5. The lowest BCUT2D eigenvalue weighted by molar-refractivity contribution is 0.0948. The molecule has 0 aliphatic heterocycles. The fourth-order valence-corrected chi connectivity index (χ4v) is 1.90. The van der Waals surface area contributed by atoms with Crippen LogP contribution in [0, 0.1) is 0 Å². The number of hydrogen-bond acceptors (Lipinski definition) is 5. The molecule has 0 aliphatic carbocycles. The van der Waals surface area contributed by atoms with Crippen LogP contribution in [-0.4, -0.2) is 28.5 Å². The van der Waals surface area contributed by atoms with Crippen molar-refractivity contribution in [3.63, 3.8) is 0 Å². The summed E-state index contributed by atoms with van der Waals surface area (Å²) in [7, 11) is 0. The third-order valence-electron chi connectivity index (χ3n) is 2.93. The second kappa shape index (κ2) is 8.12. The lowest BCUT2D eigenvalue weighted by Crippen LogP contribution is -2.25. The first-order valence-corrected chi connectivity index (χ1v) is 7.73. The number of amides is 1. The quantitative estimate of drug-likeness (QED) is 0.821. The molecule has 1 aromatic carbocycles. The van der Waals surface area contributed by atoms with Gasteiger partial charge in [-0.25, -0.2) is 9.97 Å². The Hall–Kier alpha value is -2.63. The second-order valence-corrected chi connectivity index (χ2v) is 5.33. The third-order valence-corrected chi connectivity index (χ3v) is 2.93. The topological polar surface area (TPSA) is 76.1 Å². The minimum Gasteiger partial charge on any atom is -0.489 e. The van der Waals surface area contributed by atoms with Crippen LogP contribution in [0.15, 0.2) is 36.7 Å². The standard InChI is InChI=1S/C17H22N4O2/c1-4-9-18-17(22)14-10-20-16(11-19-14)21-13-7-5-6-8-15(13)23-12(2)3/h5-8,10-12H,4,9H2,1-3H3,(H,18,22)(H,20,21). The van der Waals surface area contributed by atoms with Gasteiger partial charge in [-0.15, -0.1) is 0 Å². The van der Waals surface area contributed by atoms with Crippen molar-refractivity contribution in [1.29, 1.82) is 0 Å². The molecule has 2 N–H and O–H groups in total. The average molecular weight is 314 g/mol. The van der Waals surface area contributed by atoms with E-state index in [0.29, 0.717) is 18.1 Å². The number of ether oxygens (including phenoxy) is 1. The zero-order valence-corrected chi connectivity index (χ0v) is 13.7. The molecule has 0 unspecified atom stereocenters. The number of anilines is 2. The summed E-state index contributed by atoms with van der Waals surface area (Å²) in [6.07, 6.45) is 3.95. The first-order valence-electron chi connectivity index (χ1n) is 7.73. The molecule has 6 heteroatoms. The van der Waals surface area contributed by atoms with Crippen LogP contribution >= 0.6 is 0 Å². The first kappa shape index (κ1) is 16.7. The van der Waals surface area contributed by atoms with E-state index in [1.165, 1.54) is 12.4 Å². The summed E-state index contributed by atoms with van der Waals surface area (Å²) < 4.78 is 5.75. The predicted octanol–water partition coefficient (Wildman–Crippen LogP) is 3.15. The third kappa shape index (κ3) is 4.95. The van der Waals surface area contributed by atoms with Gasteiger partial charge in [-0.3, -0.25) is 4.79 Å². The summed E-state index contributed by atoms with van der Waals surface area (Å²) >= 11 is 0. The van der Waals surface area contributed by atoms with Gasteiger partial charge in [-0.1, -0.05) is 19.1 Å². The molecule has 0 bridgehead atoms. The van der Waals surface area contributed by atoms with Crippen molar-refractivity contribution in [2.24, 2.45) is 0 Å². The zero-order valence-electron chi connectivity index (χ0n) is 13.7. The molecule has 2 aromatic rings. The van der Waals surface area contributed by atoms with Crippen LogP contribution in [0.3, 0.4) is 0 Å². The molecule has 6 nitrogen and oxygen atoms in total. The molecule has 0 saturated heterocycles. The maximum Gasteiger partial charge on any atom is 0.271 e. The molecule has 0 spiro atoms. The zero-order chi connectivity index (χ0) is 16.7. The Morgan fingerprint density at radius 2 is 2.00 bits per heavy atom. The Balaban J connectivity index is 2.08. The van der Waals surface area contributed by atoms with Gasteiger partial charge in [0.15, 0.2) is 0 Å². The van der Waals surface area contributed by atoms with Crippen LogP contribution in [0.1, 0.15) is 37.7 Å². The summed E-state index contributed by atoms with van der Waals surface area (Å²) in [4.78, 5) is 20.2. The van der Waals surface area contributed by atoms with Gasteiger partial charge in [-0.05, 0) is 32.4 Å².